The Hall–Kier alpha value is -1.13. The molecule has 0 radical (unpaired) electrons. The van der Waals surface area contributed by atoms with Gasteiger partial charge in [0.1, 0.15) is 11.6 Å². The van der Waals surface area contributed by atoms with Crippen molar-refractivity contribution in [1.29, 1.82) is 0 Å². The molecule has 0 aliphatic heterocycles. The van der Waals surface area contributed by atoms with Gasteiger partial charge in [0.05, 0.1) is 12.7 Å². The van der Waals surface area contributed by atoms with Gasteiger partial charge in [-0.15, -0.1) is 0 Å². The first-order valence-corrected chi connectivity index (χ1v) is 7.51. The fraction of sp³-hybridized carbons (Fsp3) is 0.625. The largest absolute Gasteiger partial charge is 0.493 e. The highest BCUT2D eigenvalue weighted by Crippen LogP contribution is 2.27. The smallest absolute Gasteiger partial charge is 0.129 e. The van der Waals surface area contributed by atoms with Crippen LogP contribution in [0.3, 0.4) is 0 Å². The summed E-state index contributed by atoms with van der Waals surface area (Å²) >= 11 is 0. The number of ether oxygens (including phenoxy) is 1. The second-order valence-electron chi connectivity index (χ2n) is 5.59. The molecule has 1 aromatic carbocycles. The first kappa shape index (κ1) is 15.3. The molecule has 1 fully saturated rings. The molecule has 3 N–H and O–H groups in total. The minimum absolute atomic E-state index is 0.275. The predicted octanol–water partition coefficient (Wildman–Crippen LogP) is 3.17. The van der Waals surface area contributed by atoms with Crippen LogP contribution >= 0.6 is 0 Å². The summed E-state index contributed by atoms with van der Waals surface area (Å²) in [5.41, 5.74) is 5.67. The molecule has 0 bridgehead atoms. The molecule has 20 heavy (non-hydrogen) atoms. The van der Waals surface area contributed by atoms with Crippen molar-refractivity contribution in [3.05, 3.63) is 29.6 Å². The summed E-state index contributed by atoms with van der Waals surface area (Å²) in [6.45, 7) is 1.01. The van der Waals surface area contributed by atoms with Crippen LogP contribution in [0, 0.1) is 11.7 Å². The van der Waals surface area contributed by atoms with E-state index < -0.39 is 11.9 Å². The zero-order valence-electron chi connectivity index (χ0n) is 11.9. The zero-order valence-corrected chi connectivity index (χ0v) is 11.9. The van der Waals surface area contributed by atoms with Crippen molar-refractivity contribution >= 4 is 0 Å². The number of halogens is 1. The molecule has 1 aliphatic rings. The van der Waals surface area contributed by atoms with Gasteiger partial charge >= 0.3 is 0 Å². The maximum Gasteiger partial charge on any atom is 0.129 e. The van der Waals surface area contributed by atoms with Crippen LogP contribution in [0.5, 0.6) is 5.75 Å². The molecule has 1 atom stereocenters. The quantitative estimate of drug-likeness (QED) is 0.842. The number of rotatable bonds is 6. The highest BCUT2D eigenvalue weighted by molar-refractivity contribution is 5.31. The molecule has 0 heterocycles. The topological polar surface area (TPSA) is 55.5 Å². The number of benzene rings is 1. The molecule has 1 aliphatic carbocycles. The van der Waals surface area contributed by atoms with E-state index >= 15 is 0 Å². The van der Waals surface area contributed by atoms with Crippen molar-refractivity contribution in [3.8, 4) is 5.75 Å². The molecular formula is C16H24FNO2. The van der Waals surface area contributed by atoms with E-state index in [2.05, 4.69) is 0 Å². The van der Waals surface area contributed by atoms with E-state index in [1.54, 1.807) is 12.1 Å². The van der Waals surface area contributed by atoms with Crippen molar-refractivity contribution in [2.24, 2.45) is 11.7 Å². The van der Waals surface area contributed by atoms with Gasteiger partial charge in [0.15, 0.2) is 0 Å². The summed E-state index contributed by atoms with van der Waals surface area (Å²) < 4.78 is 19.4. The Morgan fingerprint density at radius 3 is 2.75 bits per heavy atom. The molecule has 112 valence electrons. The molecule has 0 saturated heterocycles. The van der Waals surface area contributed by atoms with Crippen molar-refractivity contribution in [3.63, 3.8) is 0 Å². The third-order valence-electron chi connectivity index (χ3n) is 3.98. The first-order valence-electron chi connectivity index (χ1n) is 7.51. The maximum atomic E-state index is 13.7. The van der Waals surface area contributed by atoms with Crippen molar-refractivity contribution in [2.75, 3.05) is 13.2 Å². The number of aliphatic hydroxyl groups is 1. The van der Waals surface area contributed by atoms with E-state index in [9.17, 15) is 9.50 Å². The van der Waals surface area contributed by atoms with Crippen LogP contribution in [0.25, 0.3) is 0 Å². The highest BCUT2D eigenvalue weighted by Gasteiger charge is 2.16. The molecular weight excluding hydrogens is 257 g/mol. The zero-order chi connectivity index (χ0) is 14.4. The van der Waals surface area contributed by atoms with Crippen LogP contribution in [0.2, 0.25) is 0 Å². The second kappa shape index (κ2) is 7.60. The van der Waals surface area contributed by atoms with Crippen LogP contribution in [0.15, 0.2) is 18.2 Å². The third-order valence-corrected chi connectivity index (χ3v) is 3.98. The number of nitrogens with two attached hydrogens (primary N) is 1. The molecule has 0 aromatic heterocycles. The molecule has 4 heteroatoms. The van der Waals surface area contributed by atoms with E-state index in [4.69, 9.17) is 10.5 Å². The molecule has 1 unspecified atom stereocenters. The summed E-state index contributed by atoms with van der Waals surface area (Å²) in [7, 11) is 0. The normalized spacial score (nSPS) is 17.9. The Morgan fingerprint density at radius 1 is 1.30 bits per heavy atom. The standard InChI is InChI=1S/C16H24FNO2/c17-15-7-6-13(10-14(15)16(19)8-9-18)20-11-12-4-2-1-3-5-12/h6-7,10,12,16,19H,1-5,8-9,11,18H2. The monoisotopic (exact) mass is 281 g/mol. The van der Waals surface area contributed by atoms with E-state index in [0.29, 0.717) is 31.2 Å². The highest BCUT2D eigenvalue weighted by atomic mass is 19.1. The van der Waals surface area contributed by atoms with Crippen LogP contribution in [0.4, 0.5) is 4.39 Å². The molecule has 0 spiro atoms. The van der Waals surface area contributed by atoms with Gasteiger partial charge in [0.25, 0.3) is 0 Å². The van der Waals surface area contributed by atoms with Crippen LogP contribution < -0.4 is 10.5 Å². The van der Waals surface area contributed by atoms with Crippen molar-refractivity contribution in [1.82, 2.24) is 0 Å². The number of hydrogen-bond acceptors (Lipinski definition) is 3. The van der Waals surface area contributed by atoms with Crippen molar-refractivity contribution < 1.29 is 14.2 Å². The summed E-state index contributed by atoms with van der Waals surface area (Å²) in [6, 6.07) is 4.57. The van der Waals surface area contributed by atoms with Gasteiger partial charge in [-0.2, -0.15) is 0 Å². The molecule has 2 rings (SSSR count). The number of aliphatic hydroxyl groups excluding tert-OH is 1. The van der Waals surface area contributed by atoms with E-state index in [-0.39, 0.29) is 5.56 Å². The minimum atomic E-state index is -0.863. The summed E-state index contributed by atoms with van der Waals surface area (Å²) in [5, 5.41) is 9.87. The van der Waals surface area contributed by atoms with Crippen LogP contribution in [0.1, 0.15) is 50.2 Å². The maximum absolute atomic E-state index is 13.7. The van der Waals surface area contributed by atoms with E-state index in [1.807, 2.05) is 0 Å². The lowest BCUT2D eigenvalue weighted by Crippen LogP contribution is -2.15. The summed E-state index contributed by atoms with van der Waals surface area (Å²) in [4.78, 5) is 0. The first-order chi connectivity index (χ1) is 9.70. The molecule has 0 amide bonds. The van der Waals surface area contributed by atoms with Gasteiger partial charge in [0, 0.05) is 5.56 Å². The SMILES string of the molecule is NCCC(O)c1cc(OCC2CCCCC2)ccc1F. The fourth-order valence-corrected chi connectivity index (χ4v) is 2.75. The predicted molar refractivity (Wildman–Crippen MR) is 77.1 cm³/mol. The summed E-state index contributed by atoms with van der Waals surface area (Å²) in [5.74, 6) is 0.824. The Morgan fingerprint density at radius 2 is 2.05 bits per heavy atom. The average Bonchev–Trinajstić information content (AvgIpc) is 2.47. The van der Waals surface area contributed by atoms with Gasteiger partial charge in [-0.25, -0.2) is 4.39 Å². The minimum Gasteiger partial charge on any atom is -0.493 e. The third kappa shape index (κ3) is 4.18. The Balaban J connectivity index is 1.95. The van der Waals surface area contributed by atoms with Gasteiger partial charge in [-0.05, 0) is 49.9 Å². The lowest BCUT2D eigenvalue weighted by Gasteiger charge is -2.22. The fourth-order valence-electron chi connectivity index (χ4n) is 2.75. The van der Waals surface area contributed by atoms with Gasteiger partial charge < -0.3 is 15.6 Å². The second-order valence-corrected chi connectivity index (χ2v) is 5.59. The van der Waals surface area contributed by atoms with E-state index in [1.165, 1.54) is 38.2 Å². The Kier molecular flexibility index (Phi) is 5.80. The average molecular weight is 281 g/mol. The van der Waals surface area contributed by atoms with Crippen LogP contribution in [-0.4, -0.2) is 18.3 Å². The lowest BCUT2D eigenvalue weighted by atomic mass is 9.90. The number of hydrogen-bond donors (Lipinski definition) is 2. The Labute approximate surface area is 119 Å². The molecule has 1 saturated carbocycles. The van der Waals surface area contributed by atoms with Gasteiger partial charge in [-0.3, -0.25) is 0 Å². The van der Waals surface area contributed by atoms with Gasteiger partial charge in [-0.1, -0.05) is 19.3 Å². The summed E-state index contributed by atoms with van der Waals surface area (Å²) in [6.07, 6.45) is 5.79. The van der Waals surface area contributed by atoms with E-state index in [0.717, 1.165) is 0 Å². The molecule has 3 nitrogen and oxygen atoms in total. The van der Waals surface area contributed by atoms with Crippen LogP contribution in [-0.2, 0) is 0 Å². The van der Waals surface area contributed by atoms with Crippen molar-refractivity contribution in [2.45, 2.75) is 44.6 Å². The lowest BCUT2D eigenvalue weighted by molar-refractivity contribution is 0.164. The molecule has 1 aromatic rings. The van der Waals surface area contributed by atoms with Gasteiger partial charge in [0.2, 0.25) is 0 Å². The Bertz CT molecular complexity index is 419.